The molecule has 2 atom stereocenters. The molecule has 0 saturated carbocycles. The highest BCUT2D eigenvalue weighted by Gasteiger charge is 2.04. The first-order chi connectivity index (χ1) is 10.3. The number of carboxylic acids is 1. The van der Waals surface area contributed by atoms with Gasteiger partial charge < -0.3 is 24.8 Å². The van der Waals surface area contributed by atoms with Crippen molar-refractivity contribution in [3.8, 4) is 0 Å². The molecule has 132 valence electrons. The predicted molar refractivity (Wildman–Crippen MR) is 81.5 cm³/mol. The zero-order valence-corrected chi connectivity index (χ0v) is 13.8. The fourth-order valence-corrected chi connectivity index (χ4v) is 1.14. The molecule has 0 spiro atoms. The third kappa shape index (κ3) is 21.1. The molecular formula is C15H30O7. The molecule has 0 aliphatic heterocycles. The maximum Gasteiger partial charge on any atom is 0.305 e. The number of esters is 1. The topological polar surface area (TPSA) is 113 Å². The number of hydrogen-bond acceptors (Lipinski definition) is 6. The Labute approximate surface area is 132 Å². The summed E-state index contributed by atoms with van der Waals surface area (Å²) < 4.78 is 9.78. The van der Waals surface area contributed by atoms with E-state index in [-0.39, 0.29) is 31.5 Å². The average Bonchev–Trinajstić information content (AvgIpc) is 2.45. The van der Waals surface area contributed by atoms with E-state index < -0.39 is 12.1 Å². The SMILES string of the molecule is CC(O)COC(C)CO.CCCCOC(=O)CCCC(=O)O. The van der Waals surface area contributed by atoms with Crippen molar-refractivity contribution in [3.63, 3.8) is 0 Å². The normalized spacial score (nSPS) is 12.8. The summed E-state index contributed by atoms with van der Waals surface area (Å²) >= 11 is 0. The summed E-state index contributed by atoms with van der Waals surface area (Å²) in [6.45, 7) is 6.15. The standard InChI is InChI=1S/C9H16O4.C6H14O3/c1-2-3-7-13-9(12)6-4-5-8(10)11;1-5(8)4-9-6(2)3-7/h2-7H2,1H3,(H,10,11);5-8H,3-4H2,1-2H3. The van der Waals surface area contributed by atoms with Gasteiger partial charge in [-0.25, -0.2) is 0 Å². The minimum absolute atomic E-state index is 0.00667. The third-order valence-electron chi connectivity index (χ3n) is 2.41. The summed E-state index contributed by atoms with van der Waals surface area (Å²) in [6.07, 6.45) is 1.84. The Morgan fingerprint density at radius 2 is 1.77 bits per heavy atom. The molecule has 2 unspecified atom stereocenters. The molecule has 0 aromatic carbocycles. The van der Waals surface area contributed by atoms with Crippen molar-refractivity contribution in [3.05, 3.63) is 0 Å². The largest absolute Gasteiger partial charge is 0.481 e. The lowest BCUT2D eigenvalue weighted by molar-refractivity contribution is -0.144. The first-order valence-electron chi connectivity index (χ1n) is 7.61. The van der Waals surface area contributed by atoms with Crippen molar-refractivity contribution in [2.75, 3.05) is 19.8 Å². The lowest BCUT2D eigenvalue weighted by atomic mass is 10.2. The number of carbonyl (C=O) groups excluding carboxylic acids is 1. The first kappa shape index (κ1) is 23.1. The smallest absolute Gasteiger partial charge is 0.305 e. The zero-order valence-electron chi connectivity index (χ0n) is 13.8. The van der Waals surface area contributed by atoms with Gasteiger partial charge >= 0.3 is 11.9 Å². The summed E-state index contributed by atoms with van der Waals surface area (Å²) in [7, 11) is 0. The number of rotatable bonds is 11. The van der Waals surface area contributed by atoms with Crippen LogP contribution in [0, 0.1) is 0 Å². The van der Waals surface area contributed by atoms with Crippen LogP contribution in [-0.4, -0.2) is 59.3 Å². The van der Waals surface area contributed by atoms with E-state index in [1.54, 1.807) is 13.8 Å². The third-order valence-corrected chi connectivity index (χ3v) is 2.41. The van der Waals surface area contributed by atoms with Crippen LogP contribution >= 0.6 is 0 Å². The van der Waals surface area contributed by atoms with Crippen LogP contribution in [0.2, 0.25) is 0 Å². The molecule has 0 heterocycles. The molecule has 7 heteroatoms. The first-order valence-corrected chi connectivity index (χ1v) is 7.61. The van der Waals surface area contributed by atoms with Crippen molar-refractivity contribution in [2.45, 2.75) is 65.1 Å². The lowest BCUT2D eigenvalue weighted by Gasteiger charge is -2.10. The van der Waals surface area contributed by atoms with Gasteiger partial charge in [-0.3, -0.25) is 9.59 Å². The van der Waals surface area contributed by atoms with E-state index in [0.29, 0.717) is 19.6 Å². The van der Waals surface area contributed by atoms with Crippen LogP contribution in [0.3, 0.4) is 0 Å². The molecular weight excluding hydrogens is 292 g/mol. The Balaban J connectivity index is 0. The van der Waals surface area contributed by atoms with Crippen LogP contribution < -0.4 is 0 Å². The van der Waals surface area contributed by atoms with Crippen molar-refractivity contribution < 1.29 is 34.4 Å². The molecule has 0 fully saturated rings. The van der Waals surface area contributed by atoms with Crippen LogP contribution in [0.5, 0.6) is 0 Å². The van der Waals surface area contributed by atoms with Gasteiger partial charge in [0.2, 0.25) is 0 Å². The van der Waals surface area contributed by atoms with E-state index in [0.717, 1.165) is 12.8 Å². The molecule has 22 heavy (non-hydrogen) atoms. The van der Waals surface area contributed by atoms with Gasteiger partial charge in [0.05, 0.1) is 32.0 Å². The molecule has 0 bridgehead atoms. The average molecular weight is 322 g/mol. The number of aliphatic hydroxyl groups is 2. The second-order valence-electron chi connectivity index (χ2n) is 5.00. The van der Waals surface area contributed by atoms with Crippen molar-refractivity contribution in [2.24, 2.45) is 0 Å². The molecule has 0 aromatic heterocycles. The van der Waals surface area contributed by atoms with Gasteiger partial charge in [-0.15, -0.1) is 0 Å². The zero-order chi connectivity index (χ0) is 17.4. The van der Waals surface area contributed by atoms with Crippen LogP contribution in [-0.2, 0) is 19.1 Å². The number of hydrogen-bond donors (Lipinski definition) is 3. The maximum atomic E-state index is 10.9. The fourth-order valence-electron chi connectivity index (χ4n) is 1.14. The lowest BCUT2D eigenvalue weighted by Crippen LogP contribution is -2.19. The van der Waals surface area contributed by atoms with Gasteiger partial charge in [-0.2, -0.15) is 0 Å². The summed E-state index contributed by atoms with van der Waals surface area (Å²) in [5.74, 6) is -1.17. The van der Waals surface area contributed by atoms with E-state index in [1.807, 2.05) is 6.92 Å². The molecule has 3 N–H and O–H groups in total. The van der Waals surface area contributed by atoms with E-state index in [9.17, 15) is 9.59 Å². The van der Waals surface area contributed by atoms with Gasteiger partial charge in [0.25, 0.3) is 0 Å². The predicted octanol–water partition coefficient (Wildman–Crippen LogP) is 1.35. The molecule has 7 nitrogen and oxygen atoms in total. The molecule has 0 aromatic rings. The highest BCUT2D eigenvalue weighted by Crippen LogP contribution is 1.98. The van der Waals surface area contributed by atoms with Crippen LogP contribution in [0.4, 0.5) is 0 Å². The van der Waals surface area contributed by atoms with Gasteiger partial charge in [0.1, 0.15) is 0 Å². The highest BCUT2D eigenvalue weighted by molar-refractivity contribution is 5.71. The Hall–Kier alpha value is -1.18. The fraction of sp³-hybridized carbons (Fsp3) is 0.867. The molecule has 0 amide bonds. The molecule has 0 rings (SSSR count). The van der Waals surface area contributed by atoms with E-state index in [4.69, 9.17) is 24.8 Å². The van der Waals surface area contributed by atoms with E-state index in [1.165, 1.54) is 0 Å². The highest BCUT2D eigenvalue weighted by atomic mass is 16.5. The number of carbonyl (C=O) groups is 2. The summed E-state index contributed by atoms with van der Waals surface area (Å²) in [4.78, 5) is 21.0. The molecule has 0 aliphatic rings. The van der Waals surface area contributed by atoms with Gasteiger partial charge in [-0.1, -0.05) is 13.3 Å². The molecule has 0 radical (unpaired) electrons. The number of ether oxygens (including phenoxy) is 2. The van der Waals surface area contributed by atoms with Gasteiger partial charge in [0, 0.05) is 12.8 Å². The number of aliphatic carboxylic acids is 1. The minimum atomic E-state index is -0.874. The van der Waals surface area contributed by atoms with Crippen LogP contribution in [0.15, 0.2) is 0 Å². The molecule has 0 aliphatic carbocycles. The van der Waals surface area contributed by atoms with Crippen molar-refractivity contribution in [1.82, 2.24) is 0 Å². The van der Waals surface area contributed by atoms with Crippen molar-refractivity contribution >= 4 is 11.9 Å². The molecule has 0 saturated heterocycles. The number of aliphatic hydroxyl groups excluding tert-OH is 2. The summed E-state index contributed by atoms with van der Waals surface area (Å²) in [5.41, 5.74) is 0. The quantitative estimate of drug-likeness (QED) is 0.388. The summed E-state index contributed by atoms with van der Waals surface area (Å²) in [5, 5.41) is 25.4. The number of carboxylic acid groups (broad SMARTS) is 1. The Morgan fingerprint density at radius 3 is 2.23 bits per heavy atom. The Kier molecular flexibility index (Phi) is 17.0. The van der Waals surface area contributed by atoms with E-state index >= 15 is 0 Å². The number of unbranched alkanes of at least 4 members (excludes halogenated alkanes) is 1. The second kappa shape index (κ2) is 16.2. The minimum Gasteiger partial charge on any atom is -0.481 e. The Morgan fingerprint density at radius 1 is 1.14 bits per heavy atom. The van der Waals surface area contributed by atoms with Crippen LogP contribution in [0.25, 0.3) is 0 Å². The van der Waals surface area contributed by atoms with E-state index in [2.05, 4.69) is 0 Å². The second-order valence-corrected chi connectivity index (χ2v) is 5.00. The van der Waals surface area contributed by atoms with Crippen molar-refractivity contribution in [1.29, 1.82) is 0 Å². The summed E-state index contributed by atoms with van der Waals surface area (Å²) in [6, 6.07) is 0. The maximum absolute atomic E-state index is 10.9. The van der Waals surface area contributed by atoms with Gasteiger partial charge in [0.15, 0.2) is 0 Å². The Bertz CT molecular complexity index is 279. The van der Waals surface area contributed by atoms with Gasteiger partial charge in [-0.05, 0) is 26.7 Å². The monoisotopic (exact) mass is 322 g/mol. The van der Waals surface area contributed by atoms with Crippen LogP contribution in [0.1, 0.15) is 52.9 Å².